The second kappa shape index (κ2) is 35.4. The van der Waals surface area contributed by atoms with Gasteiger partial charge < -0.3 is 4.90 Å². The van der Waals surface area contributed by atoms with E-state index in [-0.39, 0.29) is 0 Å². The summed E-state index contributed by atoms with van der Waals surface area (Å²) in [6.07, 6.45) is 45.2. The van der Waals surface area contributed by atoms with Gasteiger partial charge in [0.1, 0.15) is 0 Å². The molecular formula is C41H85N. The molecule has 0 aliphatic carbocycles. The molecule has 0 aromatic heterocycles. The van der Waals surface area contributed by atoms with Gasteiger partial charge in [-0.25, -0.2) is 0 Å². The van der Waals surface area contributed by atoms with Gasteiger partial charge in [0.25, 0.3) is 0 Å². The summed E-state index contributed by atoms with van der Waals surface area (Å²) in [5.74, 6) is 1.78. The van der Waals surface area contributed by atoms with Gasteiger partial charge >= 0.3 is 0 Å². The topological polar surface area (TPSA) is 3.24 Å². The van der Waals surface area contributed by atoms with Crippen molar-refractivity contribution in [1.82, 2.24) is 4.90 Å². The zero-order chi connectivity index (χ0) is 30.8. The van der Waals surface area contributed by atoms with Crippen LogP contribution < -0.4 is 0 Å². The van der Waals surface area contributed by atoms with Crippen molar-refractivity contribution >= 4 is 0 Å². The minimum absolute atomic E-state index is 0.892. The predicted molar refractivity (Wildman–Crippen MR) is 195 cm³/mol. The lowest BCUT2D eigenvalue weighted by atomic mass is 10.0. The van der Waals surface area contributed by atoms with Gasteiger partial charge in [0.2, 0.25) is 0 Å². The summed E-state index contributed by atoms with van der Waals surface area (Å²) in [7, 11) is 0. The third kappa shape index (κ3) is 36.2. The van der Waals surface area contributed by atoms with Gasteiger partial charge in [-0.15, -0.1) is 0 Å². The van der Waals surface area contributed by atoms with Gasteiger partial charge in [-0.1, -0.05) is 214 Å². The molecule has 254 valence electrons. The molecule has 42 heavy (non-hydrogen) atoms. The van der Waals surface area contributed by atoms with E-state index in [9.17, 15) is 0 Å². The van der Waals surface area contributed by atoms with Crippen molar-refractivity contribution in [3.63, 3.8) is 0 Å². The number of rotatable bonds is 36. The summed E-state index contributed by atoms with van der Waals surface area (Å²) in [5.41, 5.74) is 0. The Hall–Kier alpha value is -0.0400. The quantitative estimate of drug-likeness (QED) is 0.0655. The second-order valence-corrected chi connectivity index (χ2v) is 15.1. The van der Waals surface area contributed by atoms with E-state index < -0.39 is 0 Å². The number of hydrogen-bond acceptors (Lipinski definition) is 1. The summed E-state index contributed by atoms with van der Waals surface area (Å²) < 4.78 is 0. The molecule has 0 saturated carbocycles. The van der Waals surface area contributed by atoms with Crippen molar-refractivity contribution in [3.05, 3.63) is 0 Å². The average Bonchev–Trinajstić information content (AvgIpc) is 2.96. The zero-order valence-corrected chi connectivity index (χ0v) is 30.6. The Balaban J connectivity index is 3.55. The van der Waals surface area contributed by atoms with Crippen molar-refractivity contribution in [2.24, 2.45) is 11.8 Å². The van der Waals surface area contributed by atoms with Gasteiger partial charge in [0, 0.05) is 0 Å². The van der Waals surface area contributed by atoms with Crippen molar-refractivity contribution < 1.29 is 0 Å². The van der Waals surface area contributed by atoms with Crippen LogP contribution in [0, 0.1) is 11.8 Å². The normalized spacial score (nSPS) is 12.0. The van der Waals surface area contributed by atoms with E-state index >= 15 is 0 Å². The first-order valence-corrected chi connectivity index (χ1v) is 20.3. The summed E-state index contributed by atoms with van der Waals surface area (Å²) in [4.78, 5) is 2.82. The molecule has 0 amide bonds. The lowest BCUT2D eigenvalue weighted by Gasteiger charge is -2.22. The number of unbranched alkanes of at least 4 members (excludes halogenated alkanes) is 26. The highest BCUT2D eigenvalue weighted by Gasteiger charge is 2.05. The van der Waals surface area contributed by atoms with Crippen molar-refractivity contribution in [2.75, 3.05) is 19.6 Å². The van der Waals surface area contributed by atoms with Crippen molar-refractivity contribution in [3.8, 4) is 0 Å². The van der Waals surface area contributed by atoms with Crippen LogP contribution in [0.4, 0.5) is 0 Å². The average molecular weight is 592 g/mol. The maximum Gasteiger partial charge on any atom is -0.00187 e. The van der Waals surface area contributed by atoms with Crippen LogP contribution in [0.3, 0.4) is 0 Å². The first kappa shape index (κ1) is 42.0. The SMILES string of the molecule is CCCCCN(CCCCCCCCCCCCCCCC(C)C)CCCCCCCCCCCCCCCC(C)C. The van der Waals surface area contributed by atoms with E-state index in [1.807, 2.05) is 0 Å². The Kier molecular flexibility index (Phi) is 35.4. The van der Waals surface area contributed by atoms with Crippen molar-refractivity contribution in [2.45, 2.75) is 234 Å². The monoisotopic (exact) mass is 592 g/mol. The lowest BCUT2D eigenvalue weighted by Crippen LogP contribution is -2.27. The van der Waals surface area contributed by atoms with E-state index in [1.165, 1.54) is 219 Å². The van der Waals surface area contributed by atoms with E-state index in [0.717, 1.165) is 11.8 Å². The van der Waals surface area contributed by atoms with Crippen LogP contribution in [0.2, 0.25) is 0 Å². The molecule has 0 rings (SSSR count). The molecule has 0 spiro atoms. The standard InChI is InChI=1S/C41H85N/c1-6-7-32-37-42(38-33-28-24-20-16-12-8-10-14-18-22-26-30-35-40(2)3)39-34-29-25-21-17-13-9-11-15-19-23-27-31-36-41(4)5/h40-41H,6-39H2,1-5H3. The molecule has 0 bridgehead atoms. The molecule has 0 N–H and O–H groups in total. The summed E-state index contributed by atoms with van der Waals surface area (Å²) in [6, 6.07) is 0. The molecule has 0 unspecified atom stereocenters. The van der Waals surface area contributed by atoms with Crippen LogP contribution in [0.1, 0.15) is 234 Å². The fraction of sp³-hybridized carbons (Fsp3) is 1.00. The molecule has 0 atom stereocenters. The smallest absolute Gasteiger partial charge is 0.00187 e. The van der Waals surface area contributed by atoms with E-state index in [1.54, 1.807) is 0 Å². The molecule has 0 aromatic carbocycles. The first-order valence-electron chi connectivity index (χ1n) is 20.3. The van der Waals surface area contributed by atoms with E-state index in [4.69, 9.17) is 0 Å². The molecule has 0 fully saturated rings. The van der Waals surface area contributed by atoms with Gasteiger partial charge in [-0.2, -0.15) is 0 Å². The molecule has 0 aliphatic heterocycles. The Morgan fingerprint density at radius 3 is 0.738 bits per heavy atom. The van der Waals surface area contributed by atoms with Crippen LogP contribution >= 0.6 is 0 Å². The summed E-state index contributed by atoms with van der Waals surface area (Å²) in [6.45, 7) is 15.8. The van der Waals surface area contributed by atoms with E-state index in [2.05, 4.69) is 39.5 Å². The van der Waals surface area contributed by atoms with Gasteiger partial charge in [0.15, 0.2) is 0 Å². The maximum absolute atomic E-state index is 2.82. The molecule has 0 aromatic rings. The minimum atomic E-state index is 0.892. The first-order chi connectivity index (χ1) is 20.6. The Bertz CT molecular complexity index is 431. The van der Waals surface area contributed by atoms with Crippen LogP contribution in [0.15, 0.2) is 0 Å². The highest BCUT2D eigenvalue weighted by atomic mass is 15.1. The van der Waals surface area contributed by atoms with Crippen molar-refractivity contribution in [1.29, 1.82) is 0 Å². The van der Waals surface area contributed by atoms with Crippen LogP contribution in [0.5, 0.6) is 0 Å². The van der Waals surface area contributed by atoms with Gasteiger partial charge in [-0.05, 0) is 50.7 Å². The highest BCUT2D eigenvalue weighted by Crippen LogP contribution is 2.16. The van der Waals surface area contributed by atoms with Gasteiger partial charge in [0.05, 0.1) is 0 Å². The summed E-state index contributed by atoms with van der Waals surface area (Å²) >= 11 is 0. The molecule has 0 aliphatic rings. The van der Waals surface area contributed by atoms with Crippen LogP contribution in [-0.2, 0) is 0 Å². The molecule has 1 nitrogen and oxygen atoms in total. The molecule has 0 heterocycles. The highest BCUT2D eigenvalue weighted by molar-refractivity contribution is 4.60. The Morgan fingerprint density at radius 2 is 0.500 bits per heavy atom. The lowest BCUT2D eigenvalue weighted by molar-refractivity contribution is 0.255. The number of nitrogens with zero attached hydrogens (tertiary/aromatic N) is 1. The molecule has 0 saturated heterocycles. The predicted octanol–water partition coefficient (Wildman–Crippen LogP) is 14.7. The maximum atomic E-state index is 2.82. The fourth-order valence-corrected chi connectivity index (χ4v) is 6.59. The zero-order valence-electron chi connectivity index (χ0n) is 30.6. The Morgan fingerprint density at radius 1 is 0.286 bits per heavy atom. The molecular weight excluding hydrogens is 506 g/mol. The summed E-state index contributed by atoms with van der Waals surface area (Å²) in [5, 5.41) is 0. The number of hydrogen-bond donors (Lipinski definition) is 0. The third-order valence-corrected chi connectivity index (χ3v) is 9.59. The minimum Gasteiger partial charge on any atom is -0.303 e. The molecule has 0 radical (unpaired) electrons. The van der Waals surface area contributed by atoms with E-state index in [0.29, 0.717) is 0 Å². The second-order valence-electron chi connectivity index (χ2n) is 15.1. The van der Waals surface area contributed by atoms with Gasteiger partial charge in [-0.3, -0.25) is 0 Å². The third-order valence-electron chi connectivity index (χ3n) is 9.59. The largest absolute Gasteiger partial charge is 0.303 e. The van der Waals surface area contributed by atoms with Crippen LogP contribution in [0.25, 0.3) is 0 Å². The fourth-order valence-electron chi connectivity index (χ4n) is 6.59. The Labute approximate surface area is 269 Å². The molecule has 1 heteroatoms. The van der Waals surface area contributed by atoms with Crippen LogP contribution in [-0.4, -0.2) is 24.5 Å².